The lowest BCUT2D eigenvalue weighted by atomic mass is 9.72. The largest absolute Gasteiger partial charge is 0.353 e. The Morgan fingerprint density at radius 1 is 1.21 bits per heavy atom. The predicted octanol–water partition coefficient (Wildman–Crippen LogP) is 2.83. The second-order valence-corrected chi connectivity index (χ2v) is 7.45. The predicted molar refractivity (Wildman–Crippen MR) is 78.7 cm³/mol. The number of rotatable bonds is 2. The fourth-order valence-electron chi connectivity index (χ4n) is 3.65. The summed E-state index contributed by atoms with van der Waals surface area (Å²) in [6, 6.07) is 0.549. The summed E-state index contributed by atoms with van der Waals surface area (Å²) < 4.78 is 0. The van der Waals surface area contributed by atoms with E-state index in [0.717, 1.165) is 25.7 Å². The summed E-state index contributed by atoms with van der Waals surface area (Å²) in [6.45, 7) is 6.76. The molecule has 0 radical (unpaired) electrons. The van der Waals surface area contributed by atoms with Crippen molar-refractivity contribution in [2.75, 3.05) is 0 Å². The van der Waals surface area contributed by atoms with Crippen molar-refractivity contribution in [3.8, 4) is 0 Å². The highest BCUT2D eigenvalue weighted by atomic mass is 16.1. The Balaban J connectivity index is 1.90. The topological polar surface area (TPSA) is 55.1 Å². The van der Waals surface area contributed by atoms with Gasteiger partial charge >= 0.3 is 0 Å². The first-order chi connectivity index (χ1) is 8.90. The fourth-order valence-corrected chi connectivity index (χ4v) is 3.65. The van der Waals surface area contributed by atoms with Crippen molar-refractivity contribution < 1.29 is 4.79 Å². The van der Waals surface area contributed by atoms with Gasteiger partial charge in [-0.3, -0.25) is 4.79 Å². The van der Waals surface area contributed by atoms with Crippen molar-refractivity contribution in [3.05, 3.63) is 0 Å². The van der Waals surface area contributed by atoms with Crippen molar-refractivity contribution >= 4 is 5.91 Å². The standard InChI is InChI=1S/C16H30N2O/c1-11-7-8-12(10-13(11)17)15(19)18-14-6-4-5-9-16(14,2)3/h11-14H,4-10,17H2,1-3H3,(H,18,19). The molecule has 2 rings (SSSR count). The van der Waals surface area contributed by atoms with Crippen LogP contribution in [-0.2, 0) is 4.79 Å². The Morgan fingerprint density at radius 2 is 1.95 bits per heavy atom. The molecular formula is C16H30N2O. The van der Waals surface area contributed by atoms with Gasteiger partial charge in [-0.2, -0.15) is 0 Å². The summed E-state index contributed by atoms with van der Waals surface area (Å²) in [7, 11) is 0. The smallest absolute Gasteiger partial charge is 0.223 e. The summed E-state index contributed by atoms with van der Waals surface area (Å²) in [5.74, 6) is 0.960. The molecule has 19 heavy (non-hydrogen) atoms. The third kappa shape index (κ3) is 3.50. The summed E-state index contributed by atoms with van der Waals surface area (Å²) in [4.78, 5) is 12.4. The molecule has 2 aliphatic rings. The summed E-state index contributed by atoms with van der Waals surface area (Å²) in [6.07, 6.45) is 7.86. The Hall–Kier alpha value is -0.570. The van der Waals surface area contributed by atoms with Crippen molar-refractivity contribution in [1.82, 2.24) is 5.32 Å². The Labute approximate surface area is 117 Å². The van der Waals surface area contributed by atoms with Crippen LogP contribution in [-0.4, -0.2) is 18.0 Å². The van der Waals surface area contributed by atoms with E-state index in [1.54, 1.807) is 0 Å². The molecule has 0 aromatic heterocycles. The number of carbonyl (C=O) groups excluding carboxylic acids is 1. The molecule has 0 bridgehead atoms. The first kappa shape index (κ1) is 14.8. The average molecular weight is 266 g/mol. The van der Waals surface area contributed by atoms with Gasteiger partial charge in [0.15, 0.2) is 0 Å². The minimum Gasteiger partial charge on any atom is -0.353 e. The molecule has 4 atom stereocenters. The number of hydrogen-bond donors (Lipinski definition) is 2. The maximum absolute atomic E-state index is 12.4. The summed E-state index contributed by atoms with van der Waals surface area (Å²) >= 11 is 0. The molecule has 0 aromatic rings. The SMILES string of the molecule is CC1CCC(C(=O)NC2CCCCC2(C)C)CC1N. The van der Waals surface area contributed by atoms with Crippen LogP contribution in [0.25, 0.3) is 0 Å². The molecule has 3 N–H and O–H groups in total. The van der Waals surface area contributed by atoms with Crippen LogP contribution in [0, 0.1) is 17.3 Å². The van der Waals surface area contributed by atoms with Crippen LogP contribution < -0.4 is 11.1 Å². The van der Waals surface area contributed by atoms with Crippen molar-refractivity contribution in [3.63, 3.8) is 0 Å². The normalized spacial score (nSPS) is 38.7. The second-order valence-electron chi connectivity index (χ2n) is 7.45. The van der Waals surface area contributed by atoms with E-state index >= 15 is 0 Å². The van der Waals surface area contributed by atoms with Gasteiger partial charge in [-0.1, -0.05) is 33.6 Å². The molecule has 0 aliphatic heterocycles. The molecule has 2 aliphatic carbocycles. The zero-order valence-corrected chi connectivity index (χ0v) is 12.7. The summed E-state index contributed by atoms with van der Waals surface area (Å²) in [5.41, 5.74) is 6.36. The lowest BCUT2D eigenvalue weighted by Gasteiger charge is -2.40. The van der Waals surface area contributed by atoms with Crippen molar-refractivity contribution in [2.24, 2.45) is 23.0 Å². The van der Waals surface area contributed by atoms with Gasteiger partial charge in [-0.15, -0.1) is 0 Å². The highest BCUT2D eigenvalue weighted by Gasteiger charge is 2.36. The monoisotopic (exact) mass is 266 g/mol. The maximum atomic E-state index is 12.4. The minimum atomic E-state index is 0.143. The molecule has 0 spiro atoms. The second kappa shape index (κ2) is 5.82. The van der Waals surface area contributed by atoms with Gasteiger partial charge in [0.05, 0.1) is 0 Å². The van der Waals surface area contributed by atoms with E-state index in [0.29, 0.717) is 12.0 Å². The Bertz CT molecular complexity index is 327. The van der Waals surface area contributed by atoms with E-state index in [-0.39, 0.29) is 23.3 Å². The molecule has 1 amide bonds. The van der Waals surface area contributed by atoms with E-state index in [1.165, 1.54) is 19.3 Å². The molecule has 0 aromatic carbocycles. The van der Waals surface area contributed by atoms with Crippen molar-refractivity contribution in [1.29, 1.82) is 0 Å². The molecule has 0 heterocycles. The number of amides is 1. The number of carbonyl (C=O) groups is 1. The zero-order valence-electron chi connectivity index (χ0n) is 12.7. The van der Waals surface area contributed by atoms with Gasteiger partial charge in [0, 0.05) is 18.0 Å². The third-order valence-electron chi connectivity index (χ3n) is 5.45. The van der Waals surface area contributed by atoms with Crippen LogP contribution in [0.1, 0.15) is 65.7 Å². The van der Waals surface area contributed by atoms with Gasteiger partial charge in [0.2, 0.25) is 5.91 Å². The lowest BCUT2D eigenvalue weighted by Crippen LogP contribution is -2.50. The van der Waals surface area contributed by atoms with Gasteiger partial charge < -0.3 is 11.1 Å². The lowest BCUT2D eigenvalue weighted by molar-refractivity contribution is -0.128. The molecule has 0 saturated heterocycles. The number of nitrogens with two attached hydrogens (primary N) is 1. The molecule has 3 heteroatoms. The van der Waals surface area contributed by atoms with Crippen molar-refractivity contribution in [2.45, 2.75) is 77.8 Å². The van der Waals surface area contributed by atoms with Crippen LogP contribution >= 0.6 is 0 Å². The van der Waals surface area contributed by atoms with Crippen LogP contribution in [0.5, 0.6) is 0 Å². The van der Waals surface area contributed by atoms with E-state index < -0.39 is 0 Å². The highest BCUT2D eigenvalue weighted by Crippen LogP contribution is 2.36. The first-order valence-corrected chi connectivity index (χ1v) is 7.96. The maximum Gasteiger partial charge on any atom is 0.223 e. The van der Waals surface area contributed by atoms with Crippen LogP contribution in [0.3, 0.4) is 0 Å². The van der Waals surface area contributed by atoms with Gasteiger partial charge in [0.25, 0.3) is 0 Å². The van der Waals surface area contributed by atoms with Gasteiger partial charge in [-0.25, -0.2) is 0 Å². The van der Waals surface area contributed by atoms with Crippen LogP contribution in [0.2, 0.25) is 0 Å². The Kier molecular flexibility index (Phi) is 4.54. The molecular weight excluding hydrogens is 236 g/mol. The van der Waals surface area contributed by atoms with E-state index in [4.69, 9.17) is 5.73 Å². The molecule has 4 unspecified atom stereocenters. The third-order valence-corrected chi connectivity index (χ3v) is 5.45. The summed E-state index contributed by atoms with van der Waals surface area (Å²) in [5, 5.41) is 3.32. The fraction of sp³-hybridized carbons (Fsp3) is 0.938. The van der Waals surface area contributed by atoms with Crippen LogP contribution in [0.4, 0.5) is 0 Å². The molecule has 2 saturated carbocycles. The Morgan fingerprint density at radius 3 is 2.58 bits per heavy atom. The van der Waals surface area contributed by atoms with E-state index in [9.17, 15) is 4.79 Å². The molecule has 3 nitrogen and oxygen atoms in total. The molecule has 2 fully saturated rings. The number of hydrogen-bond acceptors (Lipinski definition) is 2. The van der Waals surface area contributed by atoms with Crippen LogP contribution in [0.15, 0.2) is 0 Å². The minimum absolute atomic E-state index is 0.143. The average Bonchev–Trinajstić information content (AvgIpc) is 2.35. The quantitative estimate of drug-likeness (QED) is 0.807. The zero-order chi connectivity index (χ0) is 14.0. The molecule has 110 valence electrons. The first-order valence-electron chi connectivity index (χ1n) is 7.96. The van der Waals surface area contributed by atoms with Gasteiger partial charge in [-0.05, 0) is 43.4 Å². The van der Waals surface area contributed by atoms with E-state index in [1.807, 2.05) is 0 Å². The number of nitrogens with one attached hydrogen (secondary N) is 1. The highest BCUT2D eigenvalue weighted by molar-refractivity contribution is 5.79. The van der Waals surface area contributed by atoms with Gasteiger partial charge in [0.1, 0.15) is 0 Å². The van der Waals surface area contributed by atoms with E-state index in [2.05, 4.69) is 26.1 Å².